The van der Waals surface area contributed by atoms with Crippen LogP contribution in [0, 0.1) is 13.8 Å². The van der Waals surface area contributed by atoms with Gasteiger partial charge in [0.15, 0.2) is 0 Å². The maximum absolute atomic E-state index is 12.0. The minimum absolute atomic E-state index is 0.351. The molecule has 1 heterocycles. The summed E-state index contributed by atoms with van der Waals surface area (Å²) in [6, 6.07) is 9.19. The van der Waals surface area contributed by atoms with E-state index in [4.69, 9.17) is 4.74 Å². The zero-order chi connectivity index (χ0) is 16.5. The van der Waals surface area contributed by atoms with Gasteiger partial charge in [0.2, 0.25) is 0 Å². The van der Waals surface area contributed by atoms with Gasteiger partial charge in [-0.1, -0.05) is 33.3 Å². The van der Waals surface area contributed by atoms with E-state index >= 15 is 0 Å². The molecule has 0 saturated heterocycles. The van der Waals surface area contributed by atoms with E-state index in [0.29, 0.717) is 11.3 Å². The molecule has 3 nitrogen and oxygen atoms in total. The first kappa shape index (κ1) is 17.9. The monoisotopic (exact) mass is 299 g/mol. The van der Waals surface area contributed by atoms with Crippen LogP contribution in [0.2, 0.25) is 0 Å². The predicted molar refractivity (Wildman–Crippen MR) is 90.5 cm³/mol. The molecule has 2 rings (SSSR count). The third-order valence-electron chi connectivity index (χ3n) is 3.05. The zero-order valence-corrected chi connectivity index (χ0v) is 14.1. The number of esters is 1. The molecule has 0 unspecified atom stereocenters. The maximum atomic E-state index is 12.0. The Morgan fingerprint density at radius 1 is 1.09 bits per heavy atom. The predicted octanol–water partition coefficient (Wildman–Crippen LogP) is 4.90. The first-order valence-electron chi connectivity index (χ1n) is 7.76. The fourth-order valence-electron chi connectivity index (χ4n) is 1.90. The molecule has 0 amide bonds. The fraction of sp³-hybridized carbons (Fsp3) is 0.368. The largest absolute Gasteiger partial charge is 0.421 e. The summed E-state index contributed by atoms with van der Waals surface area (Å²) in [4.78, 5) is 16.1. The highest BCUT2D eigenvalue weighted by molar-refractivity contribution is 5.91. The minimum Gasteiger partial charge on any atom is -0.421 e. The molecular formula is C19H25NO2. The van der Waals surface area contributed by atoms with Crippen molar-refractivity contribution in [2.45, 2.75) is 47.5 Å². The van der Waals surface area contributed by atoms with Gasteiger partial charge in [0.1, 0.15) is 5.75 Å². The first-order chi connectivity index (χ1) is 10.5. The molecule has 0 aliphatic rings. The van der Waals surface area contributed by atoms with Crippen molar-refractivity contribution in [3.8, 4) is 5.75 Å². The van der Waals surface area contributed by atoms with Gasteiger partial charge in [-0.05, 0) is 55.7 Å². The van der Waals surface area contributed by atoms with Gasteiger partial charge >= 0.3 is 5.97 Å². The number of benzene rings is 1. The van der Waals surface area contributed by atoms with E-state index in [0.717, 1.165) is 17.7 Å². The number of rotatable bonds is 3. The van der Waals surface area contributed by atoms with E-state index in [2.05, 4.69) is 25.8 Å². The zero-order valence-electron chi connectivity index (χ0n) is 14.1. The van der Waals surface area contributed by atoms with Crippen LogP contribution in [0.5, 0.6) is 5.75 Å². The quantitative estimate of drug-likeness (QED) is 0.757. The Labute approximate surface area is 133 Å². The van der Waals surface area contributed by atoms with E-state index in [-0.39, 0.29) is 5.97 Å². The van der Waals surface area contributed by atoms with E-state index in [1.165, 1.54) is 12.0 Å². The molecule has 22 heavy (non-hydrogen) atoms. The third-order valence-corrected chi connectivity index (χ3v) is 3.05. The summed E-state index contributed by atoms with van der Waals surface area (Å²) in [7, 11) is 0. The van der Waals surface area contributed by atoms with Gasteiger partial charge in [-0.25, -0.2) is 4.79 Å². The van der Waals surface area contributed by atoms with Gasteiger partial charge < -0.3 is 4.74 Å². The SMILES string of the molecule is CCC.CCc1ccc(C(=O)Oc2ccc(C)nc2)cc1C. The van der Waals surface area contributed by atoms with Crippen molar-refractivity contribution in [1.29, 1.82) is 0 Å². The number of ether oxygens (including phenoxy) is 1. The number of aryl methyl sites for hydroxylation is 3. The molecule has 0 aliphatic heterocycles. The van der Waals surface area contributed by atoms with Crippen molar-refractivity contribution in [3.63, 3.8) is 0 Å². The molecule has 118 valence electrons. The van der Waals surface area contributed by atoms with E-state index < -0.39 is 0 Å². The Morgan fingerprint density at radius 2 is 1.77 bits per heavy atom. The molecule has 0 spiro atoms. The molecule has 3 heteroatoms. The summed E-state index contributed by atoms with van der Waals surface area (Å²) < 4.78 is 5.28. The Balaban J connectivity index is 0.000000745. The summed E-state index contributed by atoms with van der Waals surface area (Å²) in [5.74, 6) is 0.115. The minimum atomic E-state index is -0.351. The van der Waals surface area contributed by atoms with Crippen LogP contribution >= 0.6 is 0 Å². The lowest BCUT2D eigenvalue weighted by molar-refractivity contribution is 0.0734. The first-order valence-corrected chi connectivity index (χ1v) is 7.76. The summed E-state index contributed by atoms with van der Waals surface area (Å²) >= 11 is 0. The summed E-state index contributed by atoms with van der Waals surface area (Å²) in [5.41, 5.74) is 3.81. The molecule has 0 bridgehead atoms. The fourth-order valence-corrected chi connectivity index (χ4v) is 1.90. The van der Waals surface area contributed by atoms with E-state index in [1.54, 1.807) is 18.3 Å². The second-order valence-electron chi connectivity index (χ2n) is 5.23. The Hall–Kier alpha value is -2.16. The standard InChI is InChI=1S/C16H17NO2.C3H8/c1-4-13-6-7-14(9-11(13)2)16(18)19-15-8-5-12(3)17-10-15;1-3-2/h5-10H,4H2,1-3H3;3H2,1-2H3. The molecule has 0 atom stereocenters. The van der Waals surface area contributed by atoms with E-state index in [1.807, 2.05) is 32.0 Å². The van der Waals surface area contributed by atoms with Crippen LogP contribution in [0.1, 0.15) is 54.4 Å². The van der Waals surface area contributed by atoms with Gasteiger partial charge in [0, 0.05) is 5.69 Å². The van der Waals surface area contributed by atoms with Gasteiger partial charge in [-0.15, -0.1) is 0 Å². The molecular weight excluding hydrogens is 274 g/mol. The normalized spacial score (nSPS) is 9.68. The Bertz CT molecular complexity index is 603. The second kappa shape index (κ2) is 8.98. The maximum Gasteiger partial charge on any atom is 0.343 e. The van der Waals surface area contributed by atoms with Crippen LogP contribution < -0.4 is 4.74 Å². The van der Waals surface area contributed by atoms with Crippen molar-refractivity contribution in [1.82, 2.24) is 4.98 Å². The van der Waals surface area contributed by atoms with Crippen LogP contribution in [0.15, 0.2) is 36.5 Å². The smallest absolute Gasteiger partial charge is 0.343 e. The van der Waals surface area contributed by atoms with Crippen molar-refractivity contribution in [2.75, 3.05) is 0 Å². The van der Waals surface area contributed by atoms with Crippen molar-refractivity contribution >= 4 is 5.97 Å². The van der Waals surface area contributed by atoms with Gasteiger partial charge in [0.05, 0.1) is 11.8 Å². The molecule has 2 aromatic rings. The number of pyridine rings is 1. The van der Waals surface area contributed by atoms with Crippen molar-refractivity contribution in [2.24, 2.45) is 0 Å². The van der Waals surface area contributed by atoms with Crippen LogP contribution in [0.3, 0.4) is 0 Å². The number of carbonyl (C=O) groups is 1. The molecule has 0 aliphatic carbocycles. The number of carbonyl (C=O) groups excluding carboxylic acids is 1. The lowest BCUT2D eigenvalue weighted by atomic mass is 10.0. The lowest BCUT2D eigenvalue weighted by Crippen LogP contribution is -2.09. The number of hydrogen-bond donors (Lipinski definition) is 0. The number of aromatic nitrogens is 1. The van der Waals surface area contributed by atoms with Crippen molar-refractivity contribution in [3.05, 3.63) is 58.9 Å². The van der Waals surface area contributed by atoms with Crippen LogP contribution in [-0.4, -0.2) is 11.0 Å². The molecule has 1 aromatic heterocycles. The van der Waals surface area contributed by atoms with Gasteiger partial charge in [0.25, 0.3) is 0 Å². The highest BCUT2D eigenvalue weighted by Crippen LogP contribution is 2.15. The van der Waals surface area contributed by atoms with Crippen molar-refractivity contribution < 1.29 is 9.53 Å². The molecule has 1 aromatic carbocycles. The average Bonchev–Trinajstić information content (AvgIpc) is 2.50. The number of nitrogens with zero attached hydrogens (tertiary/aromatic N) is 1. The van der Waals surface area contributed by atoms with Crippen LogP contribution in [0.25, 0.3) is 0 Å². The molecule has 0 N–H and O–H groups in total. The third kappa shape index (κ3) is 5.32. The summed E-state index contributed by atoms with van der Waals surface area (Å²) in [6.07, 6.45) is 3.77. The van der Waals surface area contributed by atoms with Gasteiger partial charge in [-0.2, -0.15) is 0 Å². The summed E-state index contributed by atoms with van der Waals surface area (Å²) in [6.45, 7) is 10.2. The Kier molecular flexibility index (Phi) is 7.30. The lowest BCUT2D eigenvalue weighted by Gasteiger charge is -2.07. The average molecular weight is 299 g/mol. The second-order valence-corrected chi connectivity index (χ2v) is 5.23. The molecule has 0 saturated carbocycles. The Morgan fingerprint density at radius 3 is 2.27 bits per heavy atom. The summed E-state index contributed by atoms with van der Waals surface area (Å²) in [5, 5.41) is 0. The molecule has 0 fully saturated rings. The highest BCUT2D eigenvalue weighted by atomic mass is 16.5. The highest BCUT2D eigenvalue weighted by Gasteiger charge is 2.10. The van der Waals surface area contributed by atoms with E-state index in [9.17, 15) is 4.79 Å². The van der Waals surface area contributed by atoms with Crippen LogP contribution in [0.4, 0.5) is 0 Å². The van der Waals surface area contributed by atoms with Gasteiger partial charge in [-0.3, -0.25) is 4.98 Å². The number of hydrogen-bond acceptors (Lipinski definition) is 3. The van der Waals surface area contributed by atoms with Crippen LogP contribution in [-0.2, 0) is 6.42 Å². The topological polar surface area (TPSA) is 39.2 Å². The molecule has 0 radical (unpaired) electrons.